The standard InChI is InChI=1S/C27H38N2O4S/c1-18(2)24(31)28-22-21-10-12-27(23(22)30,25(21,3)4)17-34(32,33)29-15-13-26(14-16-29)11-9-19-7-5-6-8-20(19)26/h5-8,18,21-22H,9-17H2,1-4H3,(H,28,31)/t21?,22?,27-/m1/s1. The van der Waals surface area contributed by atoms with Gasteiger partial charge in [0.1, 0.15) is 0 Å². The zero-order valence-electron chi connectivity index (χ0n) is 20.9. The van der Waals surface area contributed by atoms with Crippen molar-refractivity contribution in [2.45, 2.75) is 77.7 Å². The first-order valence-electron chi connectivity index (χ1n) is 12.8. The summed E-state index contributed by atoms with van der Waals surface area (Å²) in [7, 11) is -3.61. The zero-order chi connectivity index (χ0) is 24.5. The van der Waals surface area contributed by atoms with E-state index in [1.807, 2.05) is 27.7 Å². The van der Waals surface area contributed by atoms with Crippen LogP contribution in [0.4, 0.5) is 0 Å². The van der Waals surface area contributed by atoms with Gasteiger partial charge in [0.15, 0.2) is 5.78 Å². The van der Waals surface area contributed by atoms with E-state index in [0.717, 1.165) is 32.1 Å². The SMILES string of the molecule is CC(C)C(=O)NC1C(=O)[C@]2(CS(=O)(=O)N3CCC4(CCc5ccccc54)CC3)CCC1C2(C)C. The number of hydrogen-bond acceptors (Lipinski definition) is 4. The summed E-state index contributed by atoms with van der Waals surface area (Å²) in [4.78, 5) is 26.1. The number of nitrogens with one attached hydrogen (secondary N) is 1. The molecule has 186 valence electrons. The van der Waals surface area contributed by atoms with Crippen LogP contribution in [-0.4, -0.2) is 49.3 Å². The lowest BCUT2D eigenvalue weighted by Gasteiger charge is -2.42. The van der Waals surface area contributed by atoms with Gasteiger partial charge in [-0.05, 0) is 66.4 Å². The summed E-state index contributed by atoms with van der Waals surface area (Å²) in [5.74, 6) is -0.587. The van der Waals surface area contributed by atoms with E-state index in [2.05, 4.69) is 29.6 Å². The maximum absolute atomic E-state index is 13.7. The van der Waals surface area contributed by atoms with Crippen LogP contribution in [0, 0.1) is 22.7 Å². The molecule has 1 amide bonds. The number of fused-ring (bicyclic) bond motifs is 4. The third kappa shape index (κ3) is 3.33. The summed E-state index contributed by atoms with van der Waals surface area (Å²) in [5.41, 5.74) is 1.50. The van der Waals surface area contributed by atoms with E-state index in [1.165, 1.54) is 11.1 Å². The second-order valence-corrected chi connectivity index (χ2v) is 14.0. The van der Waals surface area contributed by atoms with Crippen molar-refractivity contribution in [2.24, 2.45) is 22.7 Å². The number of sulfonamides is 1. The number of carbonyl (C=O) groups is 2. The Balaban J connectivity index is 1.34. The van der Waals surface area contributed by atoms with Crippen LogP contribution in [0.5, 0.6) is 0 Å². The maximum atomic E-state index is 13.7. The second kappa shape index (κ2) is 7.89. The van der Waals surface area contributed by atoms with Gasteiger partial charge in [0.2, 0.25) is 15.9 Å². The number of piperidine rings is 1. The highest BCUT2D eigenvalue weighted by molar-refractivity contribution is 7.89. The molecule has 6 nitrogen and oxygen atoms in total. The van der Waals surface area contributed by atoms with E-state index in [-0.39, 0.29) is 34.7 Å². The number of benzene rings is 1. The number of hydrogen-bond donors (Lipinski definition) is 1. The predicted octanol–water partition coefficient (Wildman–Crippen LogP) is 3.44. The number of amides is 1. The Labute approximate surface area is 203 Å². The second-order valence-electron chi connectivity index (χ2n) is 12.0. The van der Waals surface area contributed by atoms with Crippen LogP contribution >= 0.6 is 0 Å². The molecule has 2 saturated carbocycles. The lowest BCUT2D eigenvalue weighted by atomic mass is 9.70. The van der Waals surface area contributed by atoms with Crippen LogP contribution in [0.25, 0.3) is 0 Å². The number of Topliss-reactive ketones (excluding diaryl/α,β-unsaturated/α-hetero) is 1. The van der Waals surface area contributed by atoms with E-state index in [9.17, 15) is 18.0 Å². The van der Waals surface area contributed by atoms with Gasteiger partial charge in [0, 0.05) is 19.0 Å². The highest BCUT2D eigenvalue weighted by Crippen LogP contribution is 2.64. The van der Waals surface area contributed by atoms with Crippen LogP contribution in [-0.2, 0) is 31.4 Å². The molecule has 1 saturated heterocycles. The normalized spacial score (nSPS) is 31.9. The molecule has 1 N–H and O–H groups in total. The van der Waals surface area contributed by atoms with E-state index in [0.29, 0.717) is 19.5 Å². The van der Waals surface area contributed by atoms with Crippen molar-refractivity contribution in [1.29, 1.82) is 0 Å². The molecule has 1 aliphatic heterocycles. The Bertz CT molecular complexity index is 1120. The lowest BCUT2D eigenvalue weighted by molar-refractivity contribution is -0.134. The summed E-state index contributed by atoms with van der Waals surface area (Å²) >= 11 is 0. The van der Waals surface area contributed by atoms with E-state index < -0.39 is 26.9 Å². The Morgan fingerprint density at radius 2 is 1.79 bits per heavy atom. The topological polar surface area (TPSA) is 83.5 Å². The first kappa shape index (κ1) is 24.0. The molecule has 2 unspecified atom stereocenters. The smallest absolute Gasteiger partial charge is 0.223 e. The minimum atomic E-state index is -3.61. The summed E-state index contributed by atoms with van der Waals surface area (Å²) in [6.45, 7) is 8.70. The predicted molar refractivity (Wildman–Crippen MR) is 132 cm³/mol. The molecule has 0 radical (unpaired) electrons. The van der Waals surface area contributed by atoms with E-state index in [1.54, 1.807) is 4.31 Å². The highest BCUT2D eigenvalue weighted by atomic mass is 32.2. The van der Waals surface area contributed by atoms with Gasteiger partial charge < -0.3 is 5.32 Å². The maximum Gasteiger partial charge on any atom is 0.223 e. The monoisotopic (exact) mass is 486 g/mol. The fraction of sp³-hybridized carbons (Fsp3) is 0.704. The third-order valence-corrected chi connectivity index (χ3v) is 12.0. The van der Waals surface area contributed by atoms with Crippen molar-refractivity contribution in [2.75, 3.05) is 18.8 Å². The molecule has 34 heavy (non-hydrogen) atoms. The molecule has 5 rings (SSSR count). The summed E-state index contributed by atoms with van der Waals surface area (Å²) in [6.07, 6.45) is 5.19. The Kier molecular flexibility index (Phi) is 5.56. The van der Waals surface area contributed by atoms with Gasteiger partial charge in [-0.1, -0.05) is 52.0 Å². The van der Waals surface area contributed by atoms with Crippen LogP contribution < -0.4 is 5.32 Å². The number of aryl methyl sites for hydroxylation is 1. The number of rotatable bonds is 5. The molecular formula is C27H38N2O4S. The van der Waals surface area contributed by atoms with Crippen molar-refractivity contribution in [1.82, 2.24) is 9.62 Å². The highest BCUT2D eigenvalue weighted by Gasteiger charge is 2.70. The number of nitrogens with zero attached hydrogens (tertiary/aromatic N) is 1. The van der Waals surface area contributed by atoms with Crippen LogP contribution in [0.15, 0.2) is 24.3 Å². The average Bonchev–Trinajstić information content (AvgIpc) is 3.31. The number of carbonyl (C=O) groups excluding carboxylic acids is 2. The largest absolute Gasteiger partial charge is 0.346 e. The Hall–Kier alpha value is -1.73. The fourth-order valence-electron chi connectivity index (χ4n) is 7.64. The van der Waals surface area contributed by atoms with Gasteiger partial charge in [-0.25, -0.2) is 12.7 Å². The minimum Gasteiger partial charge on any atom is -0.346 e. The van der Waals surface area contributed by atoms with Gasteiger partial charge in [-0.2, -0.15) is 0 Å². The molecule has 7 heteroatoms. The number of ketones is 1. The van der Waals surface area contributed by atoms with E-state index in [4.69, 9.17) is 0 Å². The molecule has 1 spiro atoms. The lowest BCUT2D eigenvalue weighted by Crippen LogP contribution is -2.52. The molecule has 3 fully saturated rings. The van der Waals surface area contributed by atoms with Crippen LogP contribution in [0.1, 0.15) is 70.9 Å². The first-order chi connectivity index (χ1) is 15.9. The van der Waals surface area contributed by atoms with Crippen LogP contribution in [0.3, 0.4) is 0 Å². The van der Waals surface area contributed by atoms with Gasteiger partial charge in [0.05, 0.1) is 17.2 Å². The summed E-state index contributed by atoms with van der Waals surface area (Å²) in [5, 5.41) is 2.95. The zero-order valence-corrected chi connectivity index (χ0v) is 21.7. The third-order valence-electron chi connectivity index (χ3n) is 9.98. The molecule has 1 heterocycles. The molecule has 1 aromatic carbocycles. The van der Waals surface area contributed by atoms with Gasteiger partial charge in [0.25, 0.3) is 0 Å². The molecule has 3 aliphatic carbocycles. The molecule has 0 aromatic heterocycles. The quantitative estimate of drug-likeness (QED) is 0.691. The summed E-state index contributed by atoms with van der Waals surface area (Å²) in [6, 6.07) is 8.02. The van der Waals surface area contributed by atoms with Crippen molar-refractivity contribution in [3.05, 3.63) is 35.4 Å². The van der Waals surface area contributed by atoms with Crippen molar-refractivity contribution < 1.29 is 18.0 Å². The molecule has 2 bridgehead atoms. The van der Waals surface area contributed by atoms with Crippen LogP contribution in [0.2, 0.25) is 0 Å². The molecule has 1 aromatic rings. The molecule has 3 atom stereocenters. The van der Waals surface area contributed by atoms with Gasteiger partial charge >= 0.3 is 0 Å². The molecular weight excluding hydrogens is 448 g/mol. The van der Waals surface area contributed by atoms with Crippen molar-refractivity contribution in [3.63, 3.8) is 0 Å². The van der Waals surface area contributed by atoms with Gasteiger partial charge in [-0.15, -0.1) is 0 Å². The fourth-order valence-corrected chi connectivity index (χ4v) is 9.84. The van der Waals surface area contributed by atoms with Gasteiger partial charge in [-0.3, -0.25) is 9.59 Å². The van der Waals surface area contributed by atoms with Crippen molar-refractivity contribution in [3.8, 4) is 0 Å². The minimum absolute atomic E-state index is 0.0162. The Morgan fingerprint density at radius 3 is 2.47 bits per heavy atom. The Morgan fingerprint density at radius 1 is 1.12 bits per heavy atom. The summed E-state index contributed by atoms with van der Waals surface area (Å²) < 4.78 is 29.1. The average molecular weight is 487 g/mol. The van der Waals surface area contributed by atoms with E-state index >= 15 is 0 Å². The molecule has 4 aliphatic rings. The van der Waals surface area contributed by atoms with Crippen molar-refractivity contribution >= 4 is 21.7 Å². The first-order valence-corrected chi connectivity index (χ1v) is 14.5.